The maximum atomic E-state index is 12.2. The van der Waals surface area contributed by atoms with Crippen molar-refractivity contribution in [3.8, 4) is 0 Å². The number of hydrogen-bond donors (Lipinski definition) is 2. The Labute approximate surface area is 118 Å². The van der Waals surface area contributed by atoms with E-state index in [1.54, 1.807) is 13.0 Å². The Morgan fingerprint density at radius 3 is 2.65 bits per heavy atom. The summed E-state index contributed by atoms with van der Waals surface area (Å²) in [6.07, 6.45) is 0.292. The van der Waals surface area contributed by atoms with Crippen molar-refractivity contribution < 1.29 is 21.9 Å². The summed E-state index contributed by atoms with van der Waals surface area (Å²) in [4.78, 5) is 0.0384. The van der Waals surface area contributed by atoms with Crippen LogP contribution >= 0.6 is 0 Å². The largest absolute Gasteiger partial charge is 0.392 e. The van der Waals surface area contributed by atoms with Gasteiger partial charge in [0, 0.05) is 6.04 Å². The maximum Gasteiger partial charge on any atom is 0.240 e. The van der Waals surface area contributed by atoms with E-state index in [9.17, 15) is 16.8 Å². The van der Waals surface area contributed by atoms with Crippen molar-refractivity contribution in [2.45, 2.75) is 30.9 Å². The van der Waals surface area contributed by atoms with Gasteiger partial charge in [0.25, 0.3) is 0 Å². The number of hydrogen-bond acceptors (Lipinski definition) is 5. The molecule has 0 aromatic heterocycles. The minimum Gasteiger partial charge on any atom is -0.392 e. The molecular formula is C12H17NO5S2. The van der Waals surface area contributed by atoms with Gasteiger partial charge >= 0.3 is 0 Å². The molecule has 1 unspecified atom stereocenters. The van der Waals surface area contributed by atoms with E-state index >= 15 is 0 Å². The highest BCUT2D eigenvalue weighted by molar-refractivity contribution is 7.92. The minimum atomic E-state index is -3.77. The Bertz CT molecular complexity index is 709. The average Bonchev–Trinajstić information content (AvgIpc) is 2.68. The van der Waals surface area contributed by atoms with Crippen molar-refractivity contribution in [1.29, 1.82) is 0 Å². The van der Waals surface area contributed by atoms with Crippen LogP contribution in [0.1, 0.15) is 17.5 Å². The SMILES string of the molecule is Cc1ccc(S(=O)(=O)NC2CCS(=O)(=O)C2)cc1CO. The topological polar surface area (TPSA) is 101 Å². The minimum absolute atomic E-state index is 0.00990. The van der Waals surface area contributed by atoms with Gasteiger partial charge in [0.15, 0.2) is 9.84 Å². The molecule has 1 heterocycles. The lowest BCUT2D eigenvalue weighted by Gasteiger charge is -2.13. The Morgan fingerprint density at radius 2 is 2.10 bits per heavy atom. The second-order valence-electron chi connectivity index (χ2n) is 4.97. The molecule has 0 radical (unpaired) electrons. The molecule has 2 N–H and O–H groups in total. The van der Waals surface area contributed by atoms with Crippen LogP contribution in [0, 0.1) is 6.92 Å². The second-order valence-corrected chi connectivity index (χ2v) is 8.91. The third-order valence-corrected chi connectivity index (χ3v) is 6.64. The first kappa shape index (κ1) is 15.4. The maximum absolute atomic E-state index is 12.2. The lowest BCUT2D eigenvalue weighted by molar-refractivity contribution is 0.280. The molecule has 0 bridgehead atoms. The number of sulfone groups is 1. The summed E-state index contributed by atoms with van der Waals surface area (Å²) in [7, 11) is -6.91. The smallest absolute Gasteiger partial charge is 0.240 e. The third-order valence-electron chi connectivity index (χ3n) is 3.36. The van der Waals surface area contributed by atoms with Gasteiger partial charge in [-0.05, 0) is 36.6 Å². The molecule has 6 nitrogen and oxygen atoms in total. The van der Waals surface area contributed by atoms with Gasteiger partial charge in [0.05, 0.1) is 23.0 Å². The first-order valence-corrected chi connectivity index (χ1v) is 9.47. The second kappa shape index (κ2) is 5.44. The number of aliphatic hydroxyl groups excluding tert-OH is 1. The number of nitrogens with one attached hydrogen (secondary N) is 1. The van der Waals surface area contributed by atoms with Crippen molar-refractivity contribution in [3.63, 3.8) is 0 Å². The van der Waals surface area contributed by atoms with Crippen molar-refractivity contribution in [3.05, 3.63) is 29.3 Å². The summed E-state index contributed by atoms with van der Waals surface area (Å²) in [6, 6.07) is 3.89. The highest BCUT2D eigenvalue weighted by atomic mass is 32.2. The molecule has 112 valence electrons. The third kappa shape index (κ3) is 3.38. The van der Waals surface area contributed by atoms with Crippen molar-refractivity contribution in [1.82, 2.24) is 4.72 Å². The summed E-state index contributed by atoms with van der Waals surface area (Å²) >= 11 is 0. The van der Waals surface area contributed by atoms with Crippen molar-refractivity contribution in [2.75, 3.05) is 11.5 Å². The zero-order chi connectivity index (χ0) is 15.0. The Kier molecular flexibility index (Phi) is 4.19. The molecule has 0 amide bonds. The van der Waals surface area contributed by atoms with Crippen LogP contribution < -0.4 is 4.72 Å². The van der Waals surface area contributed by atoms with Crippen molar-refractivity contribution in [2.24, 2.45) is 0 Å². The molecule has 1 aromatic carbocycles. The van der Waals surface area contributed by atoms with Gasteiger partial charge in [-0.1, -0.05) is 6.07 Å². The summed E-state index contributed by atoms with van der Waals surface area (Å²) in [6.45, 7) is 1.53. The molecule has 0 spiro atoms. The first-order chi connectivity index (χ1) is 9.23. The molecule has 20 heavy (non-hydrogen) atoms. The molecule has 8 heteroatoms. The van der Waals surface area contributed by atoms with Crippen LogP contribution in [0.4, 0.5) is 0 Å². The van der Waals surface area contributed by atoms with Gasteiger partial charge < -0.3 is 5.11 Å². The fourth-order valence-corrected chi connectivity index (χ4v) is 5.26. The molecule has 2 rings (SSSR count). The Morgan fingerprint density at radius 1 is 1.40 bits per heavy atom. The van der Waals surface area contributed by atoms with E-state index in [1.165, 1.54) is 12.1 Å². The first-order valence-electron chi connectivity index (χ1n) is 6.17. The standard InChI is InChI=1S/C12H17NO5S2/c1-9-2-3-12(6-10(9)7-14)20(17,18)13-11-4-5-19(15,16)8-11/h2-3,6,11,13-14H,4-5,7-8H2,1H3. The molecule has 1 aliphatic heterocycles. The monoisotopic (exact) mass is 319 g/mol. The van der Waals surface area contributed by atoms with Crippen LogP contribution in [-0.4, -0.2) is 39.5 Å². The highest BCUT2D eigenvalue weighted by Crippen LogP contribution is 2.18. The van der Waals surface area contributed by atoms with Crippen LogP contribution in [0.25, 0.3) is 0 Å². The van der Waals surface area contributed by atoms with Crippen LogP contribution in [0.15, 0.2) is 23.1 Å². The summed E-state index contributed by atoms with van der Waals surface area (Å²) < 4.78 is 49.5. The molecular weight excluding hydrogens is 302 g/mol. The molecule has 1 saturated heterocycles. The van der Waals surface area contributed by atoms with E-state index in [0.29, 0.717) is 12.0 Å². The van der Waals surface area contributed by atoms with Crippen LogP contribution in [-0.2, 0) is 26.5 Å². The van der Waals surface area contributed by atoms with Crippen molar-refractivity contribution >= 4 is 19.9 Å². The number of aliphatic hydroxyl groups is 1. The molecule has 0 aliphatic carbocycles. The fourth-order valence-electron chi connectivity index (χ4n) is 2.16. The molecule has 1 aromatic rings. The zero-order valence-electron chi connectivity index (χ0n) is 11.0. The Balaban J connectivity index is 2.23. The average molecular weight is 319 g/mol. The van der Waals surface area contributed by atoms with E-state index < -0.39 is 25.9 Å². The number of rotatable bonds is 4. The normalized spacial score (nSPS) is 22.0. The van der Waals surface area contributed by atoms with E-state index in [2.05, 4.69) is 4.72 Å². The lowest BCUT2D eigenvalue weighted by atomic mass is 10.1. The van der Waals surface area contributed by atoms with Gasteiger partial charge in [-0.25, -0.2) is 21.6 Å². The molecule has 1 aliphatic rings. The Hall–Kier alpha value is -0.960. The van der Waals surface area contributed by atoms with Gasteiger partial charge in [0.2, 0.25) is 10.0 Å². The summed E-state index contributed by atoms with van der Waals surface area (Å²) in [5.74, 6) is -0.152. The fraction of sp³-hybridized carbons (Fsp3) is 0.500. The predicted molar refractivity (Wildman–Crippen MR) is 74.5 cm³/mol. The van der Waals surface area contributed by atoms with E-state index in [0.717, 1.165) is 5.56 Å². The molecule has 0 saturated carbocycles. The summed E-state index contributed by atoms with van der Waals surface area (Å²) in [5.41, 5.74) is 1.34. The molecule has 1 atom stereocenters. The summed E-state index contributed by atoms with van der Waals surface area (Å²) in [5, 5.41) is 9.17. The highest BCUT2D eigenvalue weighted by Gasteiger charge is 2.31. The van der Waals surface area contributed by atoms with Gasteiger partial charge in [-0.15, -0.1) is 0 Å². The van der Waals surface area contributed by atoms with E-state index in [4.69, 9.17) is 5.11 Å². The van der Waals surface area contributed by atoms with E-state index in [1.807, 2.05) is 0 Å². The quantitative estimate of drug-likeness (QED) is 0.810. The van der Waals surface area contributed by atoms with E-state index in [-0.39, 0.29) is 23.0 Å². The molecule has 1 fully saturated rings. The number of aryl methyl sites for hydroxylation is 1. The van der Waals surface area contributed by atoms with Gasteiger partial charge in [0.1, 0.15) is 0 Å². The zero-order valence-corrected chi connectivity index (χ0v) is 12.7. The van der Waals surface area contributed by atoms with Crippen LogP contribution in [0.2, 0.25) is 0 Å². The number of benzene rings is 1. The number of sulfonamides is 1. The van der Waals surface area contributed by atoms with Crippen LogP contribution in [0.3, 0.4) is 0 Å². The van der Waals surface area contributed by atoms with Gasteiger partial charge in [-0.3, -0.25) is 0 Å². The van der Waals surface area contributed by atoms with Gasteiger partial charge in [-0.2, -0.15) is 0 Å². The predicted octanol–water partition coefficient (Wildman–Crippen LogP) is -0.0473. The lowest BCUT2D eigenvalue weighted by Crippen LogP contribution is -2.35. The van der Waals surface area contributed by atoms with Crippen LogP contribution in [0.5, 0.6) is 0 Å².